The molecular formula is C15H21N5O. The zero-order valence-corrected chi connectivity index (χ0v) is 12.3. The number of nitrogens with two attached hydrogens (primary N) is 1. The van der Waals surface area contributed by atoms with E-state index >= 15 is 0 Å². The van der Waals surface area contributed by atoms with Gasteiger partial charge in [0.25, 0.3) is 0 Å². The van der Waals surface area contributed by atoms with Gasteiger partial charge in [-0.2, -0.15) is 0 Å². The molecule has 0 saturated carbocycles. The molecule has 6 heteroatoms. The van der Waals surface area contributed by atoms with E-state index in [0.717, 1.165) is 31.2 Å². The first-order chi connectivity index (χ1) is 10.3. The van der Waals surface area contributed by atoms with Gasteiger partial charge in [-0.25, -0.2) is 0 Å². The lowest BCUT2D eigenvalue weighted by atomic mass is 10.0. The molecule has 21 heavy (non-hydrogen) atoms. The van der Waals surface area contributed by atoms with Crippen LogP contribution in [0.1, 0.15) is 24.4 Å². The Kier molecular flexibility index (Phi) is 4.17. The largest absolute Gasteiger partial charge is 0.494 e. The highest BCUT2D eigenvalue weighted by Crippen LogP contribution is 2.26. The SMILES string of the molecule is CCOc1cccc(C(CN)N2CCn3cnnc3C2)c1. The van der Waals surface area contributed by atoms with Crippen molar-refractivity contribution in [2.75, 3.05) is 19.7 Å². The van der Waals surface area contributed by atoms with Gasteiger partial charge < -0.3 is 15.0 Å². The topological polar surface area (TPSA) is 69.2 Å². The number of fused-ring (bicyclic) bond motifs is 1. The van der Waals surface area contributed by atoms with Gasteiger partial charge in [-0.05, 0) is 24.6 Å². The first kappa shape index (κ1) is 14.0. The Morgan fingerprint density at radius 2 is 2.29 bits per heavy atom. The van der Waals surface area contributed by atoms with Gasteiger partial charge in [0.2, 0.25) is 0 Å². The van der Waals surface area contributed by atoms with E-state index in [1.165, 1.54) is 5.56 Å². The minimum atomic E-state index is 0.177. The maximum Gasteiger partial charge on any atom is 0.147 e. The van der Waals surface area contributed by atoms with Gasteiger partial charge >= 0.3 is 0 Å². The van der Waals surface area contributed by atoms with Gasteiger partial charge in [0, 0.05) is 25.7 Å². The van der Waals surface area contributed by atoms with Crippen molar-refractivity contribution in [1.82, 2.24) is 19.7 Å². The Balaban J connectivity index is 1.80. The van der Waals surface area contributed by atoms with Crippen molar-refractivity contribution in [2.45, 2.75) is 26.1 Å². The molecule has 0 bridgehead atoms. The van der Waals surface area contributed by atoms with E-state index < -0.39 is 0 Å². The molecule has 2 aromatic rings. The molecule has 0 amide bonds. The van der Waals surface area contributed by atoms with Crippen molar-refractivity contribution in [3.8, 4) is 5.75 Å². The molecule has 0 radical (unpaired) electrons. The van der Waals surface area contributed by atoms with Crippen LogP contribution in [0.3, 0.4) is 0 Å². The number of benzene rings is 1. The van der Waals surface area contributed by atoms with Crippen molar-refractivity contribution >= 4 is 0 Å². The Labute approximate surface area is 124 Å². The standard InChI is InChI=1S/C15H21N5O/c1-2-21-13-5-3-4-12(8-13)14(9-16)19-6-7-20-11-17-18-15(20)10-19/h3-5,8,11,14H,2,6-7,9-10,16H2,1H3. The van der Waals surface area contributed by atoms with Gasteiger partial charge in [-0.3, -0.25) is 4.90 Å². The van der Waals surface area contributed by atoms with Crippen LogP contribution >= 0.6 is 0 Å². The summed E-state index contributed by atoms with van der Waals surface area (Å²) in [6.45, 7) is 5.87. The van der Waals surface area contributed by atoms with E-state index in [9.17, 15) is 0 Å². The van der Waals surface area contributed by atoms with Crippen LogP contribution < -0.4 is 10.5 Å². The first-order valence-corrected chi connectivity index (χ1v) is 7.35. The Bertz CT molecular complexity index is 597. The van der Waals surface area contributed by atoms with Gasteiger partial charge in [-0.15, -0.1) is 10.2 Å². The van der Waals surface area contributed by atoms with Crippen LogP contribution in [-0.2, 0) is 13.1 Å². The van der Waals surface area contributed by atoms with E-state index in [4.69, 9.17) is 10.5 Å². The van der Waals surface area contributed by atoms with E-state index in [1.54, 1.807) is 6.33 Å². The lowest BCUT2D eigenvalue weighted by Gasteiger charge is -2.34. The van der Waals surface area contributed by atoms with Crippen molar-refractivity contribution in [2.24, 2.45) is 5.73 Å². The second kappa shape index (κ2) is 6.24. The maximum absolute atomic E-state index is 6.03. The predicted octanol–water partition coefficient (Wildman–Crippen LogP) is 1.19. The fraction of sp³-hybridized carbons (Fsp3) is 0.467. The fourth-order valence-electron chi connectivity index (χ4n) is 2.83. The van der Waals surface area contributed by atoms with Crippen LogP contribution in [0, 0.1) is 0 Å². The average molecular weight is 287 g/mol. The highest BCUT2D eigenvalue weighted by Gasteiger charge is 2.25. The molecule has 1 unspecified atom stereocenters. The Morgan fingerprint density at radius 3 is 3.10 bits per heavy atom. The van der Waals surface area contributed by atoms with Gasteiger partial charge in [0.15, 0.2) is 0 Å². The smallest absolute Gasteiger partial charge is 0.147 e. The van der Waals surface area contributed by atoms with Crippen molar-refractivity contribution in [1.29, 1.82) is 0 Å². The third-order valence-corrected chi connectivity index (χ3v) is 3.89. The second-order valence-corrected chi connectivity index (χ2v) is 5.17. The summed E-state index contributed by atoms with van der Waals surface area (Å²) in [5, 5.41) is 8.14. The third-order valence-electron chi connectivity index (χ3n) is 3.89. The monoisotopic (exact) mass is 287 g/mol. The quantitative estimate of drug-likeness (QED) is 0.894. The number of hydrogen-bond acceptors (Lipinski definition) is 5. The van der Waals surface area contributed by atoms with Gasteiger partial charge in [0.1, 0.15) is 17.9 Å². The predicted molar refractivity (Wildman–Crippen MR) is 79.8 cm³/mol. The molecule has 0 saturated heterocycles. The van der Waals surface area contributed by atoms with Crippen LogP contribution in [0.25, 0.3) is 0 Å². The zero-order chi connectivity index (χ0) is 14.7. The summed E-state index contributed by atoms with van der Waals surface area (Å²) >= 11 is 0. The molecule has 0 spiro atoms. The number of ether oxygens (including phenoxy) is 1. The summed E-state index contributed by atoms with van der Waals surface area (Å²) < 4.78 is 7.68. The Hall–Kier alpha value is -1.92. The molecule has 2 heterocycles. The van der Waals surface area contributed by atoms with Crippen LogP contribution in [0.5, 0.6) is 5.75 Å². The molecule has 2 N–H and O–H groups in total. The summed E-state index contributed by atoms with van der Waals surface area (Å²) in [6.07, 6.45) is 1.79. The van der Waals surface area contributed by atoms with Crippen LogP contribution in [0.4, 0.5) is 0 Å². The molecule has 1 aromatic carbocycles. The van der Waals surface area contributed by atoms with Crippen LogP contribution in [-0.4, -0.2) is 39.4 Å². The van der Waals surface area contributed by atoms with Crippen LogP contribution in [0.15, 0.2) is 30.6 Å². The van der Waals surface area contributed by atoms with E-state index in [2.05, 4.69) is 31.8 Å². The molecule has 1 aliphatic rings. The summed E-state index contributed by atoms with van der Waals surface area (Å²) in [6, 6.07) is 8.37. The molecule has 112 valence electrons. The third kappa shape index (κ3) is 2.91. The van der Waals surface area contributed by atoms with Crippen molar-refractivity contribution in [3.05, 3.63) is 42.0 Å². The lowest BCUT2D eigenvalue weighted by Crippen LogP contribution is -2.39. The number of aromatic nitrogens is 3. The second-order valence-electron chi connectivity index (χ2n) is 5.17. The minimum absolute atomic E-state index is 0.177. The number of hydrogen-bond donors (Lipinski definition) is 1. The minimum Gasteiger partial charge on any atom is -0.494 e. The fourth-order valence-corrected chi connectivity index (χ4v) is 2.83. The molecule has 6 nitrogen and oxygen atoms in total. The summed E-state index contributed by atoms with van der Waals surface area (Å²) in [5.41, 5.74) is 7.22. The zero-order valence-electron chi connectivity index (χ0n) is 12.3. The maximum atomic E-state index is 6.03. The summed E-state index contributed by atoms with van der Waals surface area (Å²) in [4.78, 5) is 2.36. The molecular weight excluding hydrogens is 266 g/mol. The summed E-state index contributed by atoms with van der Waals surface area (Å²) in [5.74, 6) is 1.90. The summed E-state index contributed by atoms with van der Waals surface area (Å²) in [7, 11) is 0. The van der Waals surface area contributed by atoms with Crippen LogP contribution in [0.2, 0.25) is 0 Å². The molecule has 0 aliphatic carbocycles. The van der Waals surface area contributed by atoms with E-state index in [0.29, 0.717) is 13.2 Å². The lowest BCUT2D eigenvalue weighted by molar-refractivity contribution is 0.156. The van der Waals surface area contributed by atoms with Gasteiger partial charge in [-0.1, -0.05) is 12.1 Å². The normalized spacial score (nSPS) is 16.5. The highest BCUT2D eigenvalue weighted by atomic mass is 16.5. The highest BCUT2D eigenvalue weighted by molar-refractivity contribution is 5.31. The average Bonchev–Trinajstić information content (AvgIpc) is 2.96. The first-order valence-electron chi connectivity index (χ1n) is 7.35. The molecule has 0 fully saturated rings. The number of nitrogens with zero attached hydrogens (tertiary/aromatic N) is 4. The number of rotatable bonds is 5. The molecule has 1 aromatic heterocycles. The van der Waals surface area contributed by atoms with Gasteiger partial charge in [0.05, 0.1) is 13.2 Å². The van der Waals surface area contributed by atoms with Crippen molar-refractivity contribution < 1.29 is 4.74 Å². The van der Waals surface area contributed by atoms with E-state index in [1.807, 2.05) is 19.1 Å². The Morgan fingerprint density at radius 1 is 1.38 bits per heavy atom. The molecule has 1 aliphatic heterocycles. The van der Waals surface area contributed by atoms with E-state index in [-0.39, 0.29) is 6.04 Å². The van der Waals surface area contributed by atoms with Crippen molar-refractivity contribution in [3.63, 3.8) is 0 Å². The molecule has 1 atom stereocenters. The molecule has 3 rings (SSSR count).